The largest absolute Gasteiger partial charge is 0.294 e. The summed E-state index contributed by atoms with van der Waals surface area (Å²) in [4.78, 5) is 10.4. The smallest absolute Gasteiger partial charge is 0.272 e. The summed E-state index contributed by atoms with van der Waals surface area (Å²) in [5.41, 5.74) is 2.48. The second-order valence-corrected chi connectivity index (χ2v) is 4.00. The van der Waals surface area contributed by atoms with E-state index in [1.165, 1.54) is 11.1 Å². The lowest BCUT2D eigenvalue weighted by molar-refractivity contribution is -0.422. The maximum absolute atomic E-state index is 10.9. The monoisotopic (exact) mass is 243 g/mol. The quantitative estimate of drug-likeness (QED) is 0.491. The molecule has 0 unspecified atom stereocenters. The van der Waals surface area contributed by atoms with Crippen molar-refractivity contribution >= 4 is 5.70 Å². The third kappa shape index (κ3) is 1.91. The van der Waals surface area contributed by atoms with Crippen molar-refractivity contribution in [3.05, 3.63) is 75.6 Å². The van der Waals surface area contributed by atoms with E-state index in [9.17, 15) is 10.1 Å². The van der Waals surface area contributed by atoms with Crippen molar-refractivity contribution in [2.45, 2.75) is 6.92 Å². The van der Waals surface area contributed by atoms with Gasteiger partial charge in [0, 0.05) is 6.08 Å². The minimum Gasteiger partial charge on any atom is -0.272 e. The summed E-state index contributed by atoms with van der Waals surface area (Å²) in [6.45, 7) is 5.45. The second-order valence-electron chi connectivity index (χ2n) is 4.00. The Balaban J connectivity index is 2.57. The summed E-state index contributed by atoms with van der Waals surface area (Å²) in [6, 6.07) is 9.47. The lowest BCUT2D eigenvalue weighted by atomic mass is 10.0. The Labute approximate surface area is 105 Å². The lowest BCUT2D eigenvalue weighted by Crippen LogP contribution is -2.33. The molecule has 0 amide bonds. The molecule has 1 aliphatic rings. The van der Waals surface area contributed by atoms with Crippen LogP contribution in [-0.2, 0) is 0 Å². The molecule has 0 atom stereocenters. The number of rotatable bonds is 2. The van der Waals surface area contributed by atoms with Crippen LogP contribution in [0.2, 0.25) is 0 Å². The molecule has 5 heteroatoms. The SMILES string of the molecule is C=C1C([N+](=O)[O-])=CC(C)=C(c2ccccc2)N1N. The van der Waals surface area contributed by atoms with E-state index in [0.29, 0.717) is 0 Å². The van der Waals surface area contributed by atoms with Gasteiger partial charge in [-0.2, -0.15) is 0 Å². The molecule has 0 saturated carbocycles. The van der Waals surface area contributed by atoms with E-state index in [1.54, 1.807) is 6.92 Å². The zero-order chi connectivity index (χ0) is 13.3. The molecule has 18 heavy (non-hydrogen) atoms. The van der Waals surface area contributed by atoms with Crippen LogP contribution in [0, 0.1) is 10.1 Å². The molecule has 1 aliphatic heterocycles. The Morgan fingerprint density at radius 1 is 1.33 bits per heavy atom. The van der Waals surface area contributed by atoms with E-state index in [-0.39, 0.29) is 11.4 Å². The standard InChI is InChI=1S/C13H13N3O2/c1-9-8-12(16(17)18)10(2)15(14)13(9)11-6-4-3-5-7-11/h3-8H,2,14H2,1H3. The number of allylic oxidation sites excluding steroid dienone is 2. The number of hydrogen-bond acceptors (Lipinski definition) is 4. The molecule has 0 aromatic heterocycles. The van der Waals surface area contributed by atoms with Gasteiger partial charge in [0.25, 0.3) is 5.70 Å². The molecule has 1 aromatic rings. The normalized spacial score (nSPS) is 15.8. The van der Waals surface area contributed by atoms with Gasteiger partial charge in [-0.05, 0) is 18.1 Å². The summed E-state index contributed by atoms with van der Waals surface area (Å²) < 4.78 is 0. The highest BCUT2D eigenvalue weighted by molar-refractivity contribution is 5.72. The minimum atomic E-state index is -0.479. The fourth-order valence-electron chi connectivity index (χ4n) is 1.93. The summed E-state index contributed by atoms with van der Waals surface area (Å²) in [6.07, 6.45) is 1.49. The molecule has 2 rings (SSSR count). The first-order valence-corrected chi connectivity index (χ1v) is 5.39. The highest BCUT2D eigenvalue weighted by Gasteiger charge is 2.28. The molecule has 0 spiro atoms. The predicted octanol–water partition coefficient (Wildman–Crippen LogP) is 2.28. The van der Waals surface area contributed by atoms with Gasteiger partial charge in [0.1, 0.15) is 5.70 Å². The van der Waals surface area contributed by atoms with Crippen LogP contribution < -0.4 is 5.84 Å². The third-order valence-corrected chi connectivity index (χ3v) is 2.80. The fourth-order valence-corrected chi connectivity index (χ4v) is 1.93. The first-order valence-electron chi connectivity index (χ1n) is 5.39. The topological polar surface area (TPSA) is 72.4 Å². The summed E-state index contributed by atoms with van der Waals surface area (Å²) >= 11 is 0. The zero-order valence-corrected chi connectivity index (χ0v) is 9.96. The molecule has 0 aliphatic carbocycles. The van der Waals surface area contributed by atoms with E-state index >= 15 is 0 Å². The van der Waals surface area contributed by atoms with E-state index in [4.69, 9.17) is 5.84 Å². The molecule has 2 N–H and O–H groups in total. The summed E-state index contributed by atoms with van der Waals surface area (Å²) in [7, 11) is 0. The highest BCUT2D eigenvalue weighted by atomic mass is 16.6. The van der Waals surface area contributed by atoms with E-state index in [0.717, 1.165) is 16.8 Å². The molecule has 1 heterocycles. The van der Waals surface area contributed by atoms with Crippen molar-refractivity contribution in [2.75, 3.05) is 0 Å². The molecular weight excluding hydrogens is 230 g/mol. The average molecular weight is 243 g/mol. The van der Waals surface area contributed by atoms with Crippen LogP contribution >= 0.6 is 0 Å². The van der Waals surface area contributed by atoms with Gasteiger partial charge in [-0.25, -0.2) is 5.84 Å². The van der Waals surface area contributed by atoms with Gasteiger partial charge >= 0.3 is 0 Å². The Morgan fingerprint density at radius 2 is 1.94 bits per heavy atom. The average Bonchev–Trinajstić information content (AvgIpc) is 2.35. The maximum Gasteiger partial charge on any atom is 0.294 e. The van der Waals surface area contributed by atoms with Gasteiger partial charge in [-0.3, -0.25) is 15.1 Å². The number of hydrazine groups is 1. The van der Waals surface area contributed by atoms with Crippen molar-refractivity contribution in [3.8, 4) is 0 Å². The molecule has 0 fully saturated rings. The maximum atomic E-state index is 10.9. The van der Waals surface area contributed by atoms with E-state index in [1.807, 2.05) is 30.3 Å². The minimum absolute atomic E-state index is 0.0744. The molecular formula is C13H13N3O2. The van der Waals surface area contributed by atoms with Crippen molar-refractivity contribution in [1.29, 1.82) is 0 Å². The first-order chi connectivity index (χ1) is 8.52. The third-order valence-electron chi connectivity index (χ3n) is 2.80. The van der Waals surface area contributed by atoms with E-state index in [2.05, 4.69) is 6.58 Å². The summed E-state index contributed by atoms with van der Waals surface area (Å²) in [5, 5.41) is 12.1. The highest BCUT2D eigenvalue weighted by Crippen LogP contribution is 2.31. The van der Waals surface area contributed by atoms with Crippen LogP contribution in [0.25, 0.3) is 5.70 Å². The van der Waals surface area contributed by atoms with Crippen molar-refractivity contribution in [3.63, 3.8) is 0 Å². The number of nitro groups is 1. The Kier molecular flexibility index (Phi) is 2.99. The van der Waals surface area contributed by atoms with Gasteiger partial charge in [0.05, 0.1) is 10.6 Å². The fraction of sp³-hybridized carbons (Fsp3) is 0.0769. The van der Waals surface area contributed by atoms with Gasteiger partial charge in [0.2, 0.25) is 0 Å². The van der Waals surface area contributed by atoms with Crippen LogP contribution in [0.5, 0.6) is 0 Å². The lowest BCUT2D eigenvalue weighted by Gasteiger charge is -2.27. The molecule has 1 aromatic carbocycles. The van der Waals surface area contributed by atoms with Crippen LogP contribution in [0.3, 0.4) is 0 Å². The van der Waals surface area contributed by atoms with Crippen LogP contribution in [0.1, 0.15) is 12.5 Å². The van der Waals surface area contributed by atoms with Crippen molar-refractivity contribution < 1.29 is 4.92 Å². The molecule has 0 saturated heterocycles. The Hall–Kier alpha value is -2.40. The van der Waals surface area contributed by atoms with Crippen LogP contribution in [-0.4, -0.2) is 9.93 Å². The number of benzene rings is 1. The molecule has 5 nitrogen and oxygen atoms in total. The second kappa shape index (κ2) is 4.46. The molecule has 0 radical (unpaired) electrons. The van der Waals surface area contributed by atoms with Gasteiger partial charge in [0.15, 0.2) is 0 Å². The Morgan fingerprint density at radius 3 is 2.50 bits per heavy atom. The predicted molar refractivity (Wildman–Crippen MR) is 69.3 cm³/mol. The van der Waals surface area contributed by atoms with E-state index < -0.39 is 4.92 Å². The molecule has 92 valence electrons. The number of nitrogens with zero attached hydrogens (tertiary/aromatic N) is 2. The first kappa shape index (κ1) is 12.1. The van der Waals surface area contributed by atoms with Gasteiger partial charge < -0.3 is 0 Å². The van der Waals surface area contributed by atoms with Crippen molar-refractivity contribution in [1.82, 2.24) is 5.01 Å². The van der Waals surface area contributed by atoms with Gasteiger partial charge in [-0.1, -0.05) is 36.9 Å². The van der Waals surface area contributed by atoms with Crippen LogP contribution in [0.15, 0.2) is 60.0 Å². The van der Waals surface area contributed by atoms with Crippen LogP contribution in [0.4, 0.5) is 0 Å². The molecule has 0 bridgehead atoms. The summed E-state index contributed by atoms with van der Waals surface area (Å²) in [5.74, 6) is 5.90. The zero-order valence-electron chi connectivity index (χ0n) is 9.96. The van der Waals surface area contributed by atoms with Gasteiger partial charge in [-0.15, -0.1) is 0 Å². The number of nitrogens with two attached hydrogens (primary N) is 1. The number of hydrogen-bond donors (Lipinski definition) is 1. The van der Waals surface area contributed by atoms with Crippen molar-refractivity contribution in [2.24, 2.45) is 5.84 Å². The Bertz CT molecular complexity index is 573.